The van der Waals surface area contributed by atoms with Crippen molar-refractivity contribution in [2.75, 3.05) is 0 Å². The van der Waals surface area contributed by atoms with E-state index >= 15 is 0 Å². The zero-order valence-corrected chi connectivity index (χ0v) is 7.91. The molecule has 1 heterocycles. The maximum atomic E-state index is 13.0. The van der Waals surface area contributed by atoms with E-state index in [2.05, 4.69) is 4.98 Å². The number of alkyl halides is 2. The van der Waals surface area contributed by atoms with Crippen LogP contribution >= 0.6 is 23.2 Å². The van der Waals surface area contributed by atoms with Crippen molar-refractivity contribution in [1.82, 2.24) is 4.98 Å². The van der Waals surface area contributed by atoms with E-state index in [1.54, 1.807) is 0 Å². The summed E-state index contributed by atoms with van der Waals surface area (Å²) in [5.41, 5.74) is -1.50. The van der Waals surface area contributed by atoms with Gasteiger partial charge in [-0.2, -0.15) is 0 Å². The van der Waals surface area contributed by atoms with E-state index < -0.39 is 33.9 Å². The van der Waals surface area contributed by atoms with Gasteiger partial charge in [-0.1, -0.05) is 11.6 Å². The first-order chi connectivity index (χ1) is 6.43. The molecule has 2 nitrogen and oxygen atoms in total. The summed E-state index contributed by atoms with van der Waals surface area (Å²) in [7, 11) is 0. The van der Waals surface area contributed by atoms with Gasteiger partial charge in [-0.3, -0.25) is 4.79 Å². The average Bonchev–Trinajstić information content (AvgIpc) is 2.08. The molecule has 0 aliphatic rings. The lowest BCUT2D eigenvalue weighted by Crippen LogP contribution is -2.01. The number of carbonyl (C=O) groups is 1. The van der Waals surface area contributed by atoms with Gasteiger partial charge in [0.15, 0.2) is 11.0 Å². The van der Waals surface area contributed by atoms with Crippen LogP contribution in [0, 0.1) is 5.82 Å². The molecule has 1 rings (SSSR count). The van der Waals surface area contributed by atoms with Crippen molar-refractivity contribution in [2.45, 2.75) is 6.43 Å². The van der Waals surface area contributed by atoms with Crippen molar-refractivity contribution in [1.29, 1.82) is 0 Å². The highest BCUT2D eigenvalue weighted by Crippen LogP contribution is 2.24. The summed E-state index contributed by atoms with van der Waals surface area (Å²) in [6, 6.07) is 0.571. The van der Waals surface area contributed by atoms with Crippen molar-refractivity contribution in [2.24, 2.45) is 0 Å². The third-order valence-corrected chi connectivity index (χ3v) is 1.83. The molecular weight excluding hydrogens is 242 g/mol. The molecule has 0 aromatic carbocycles. The second kappa shape index (κ2) is 4.14. The predicted molar refractivity (Wildman–Crippen MR) is 44.3 cm³/mol. The number of carbonyl (C=O) groups excluding carboxylic acids is 1. The van der Waals surface area contributed by atoms with Crippen LogP contribution in [0.15, 0.2) is 6.07 Å². The Morgan fingerprint density at radius 2 is 2.07 bits per heavy atom. The number of nitrogens with zero attached hydrogens (tertiary/aromatic N) is 1. The minimum Gasteiger partial charge on any atom is -0.275 e. The van der Waals surface area contributed by atoms with E-state index in [1.807, 2.05) is 0 Å². The third-order valence-electron chi connectivity index (χ3n) is 1.37. The fourth-order valence-electron chi connectivity index (χ4n) is 0.772. The molecule has 0 fully saturated rings. The highest BCUT2D eigenvalue weighted by atomic mass is 35.5. The molecule has 1 aromatic rings. The van der Waals surface area contributed by atoms with Crippen LogP contribution in [-0.2, 0) is 0 Å². The molecule has 0 aliphatic heterocycles. The monoisotopic (exact) mass is 243 g/mol. The van der Waals surface area contributed by atoms with Gasteiger partial charge < -0.3 is 0 Å². The lowest BCUT2D eigenvalue weighted by Gasteiger charge is -2.03. The highest BCUT2D eigenvalue weighted by Gasteiger charge is 2.19. The average molecular weight is 244 g/mol. The van der Waals surface area contributed by atoms with Crippen molar-refractivity contribution < 1.29 is 18.0 Å². The summed E-state index contributed by atoms with van der Waals surface area (Å²) in [5, 5.41) is -2.00. The van der Waals surface area contributed by atoms with Gasteiger partial charge in [-0.25, -0.2) is 18.2 Å². The first kappa shape index (κ1) is 11.3. The third kappa shape index (κ3) is 2.16. The van der Waals surface area contributed by atoms with Gasteiger partial charge in [0.2, 0.25) is 0 Å². The van der Waals surface area contributed by atoms with Crippen LogP contribution < -0.4 is 0 Å². The molecule has 14 heavy (non-hydrogen) atoms. The van der Waals surface area contributed by atoms with Gasteiger partial charge in [0.1, 0.15) is 5.69 Å². The van der Waals surface area contributed by atoms with Gasteiger partial charge in [-0.05, 0) is 17.7 Å². The summed E-state index contributed by atoms with van der Waals surface area (Å²) >= 11 is 10.1. The maximum Gasteiger partial charge on any atom is 0.280 e. The standard InChI is InChI=1S/C7H2Cl2F3NO/c8-5-4(10)2(6(9)14)1-3(13-5)7(11)12/h1,7H. The molecule has 0 radical (unpaired) electrons. The number of rotatable bonds is 2. The van der Waals surface area contributed by atoms with E-state index in [9.17, 15) is 18.0 Å². The van der Waals surface area contributed by atoms with Crippen molar-refractivity contribution in [3.8, 4) is 0 Å². The fourth-order valence-corrected chi connectivity index (χ4v) is 1.11. The van der Waals surface area contributed by atoms with Gasteiger partial charge in [0, 0.05) is 0 Å². The molecule has 1 aromatic heterocycles. The Hall–Kier alpha value is -0.810. The van der Waals surface area contributed by atoms with Crippen LogP contribution in [0.5, 0.6) is 0 Å². The topological polar surface area (TPSA) is 30.0 Å². The zero-order chi connectivity index (χ0) is 10.9. The minimum absolute atomic E-state index is 0.571. The molecule has 0 bridgehead atoms. The molecule has 0 amide bonds. The van der Waals surface area contributed by atoms with Gasteiger partial charge in [0.05, 0.1) is 5.56 Å². The van der Waals surface area contributed by atoms with Crippen LogP contribution in [0.1, 0.15) is 22.5 Å². The molecule has 0 N–H and O–H groups in total. The molecule has 0 saturated heterocycles. The number of pyridine rings is 1. The van der Waals surface area contributed by atoms with Gasteiger partial charge in [-0.15, -0.1) is 0 Å². The summed E-state index contributed by atoms with van der Waals surface area (Å²) in [6.45, 7) is 0. The van der Waals surface area contributed by atoms with E-state index in [0.29, 0.717) is 6.07 Å². The fraction of sp³-hybridized carbons (Fsp3) is 0.143. The Morgan fingerprint density at radius 3 is 2.50 bits per heavy atom. The summed E-state index contributed by atoms with van der Waals surface area (Å²) in [4.78, 5) is 13.6. The normalized spacial score (nSPS) is 10.7. The van der Waals surface area contributed by atoms with E-state index in [0.717, 1.165) is 0 Å². The molecule has 7 heteroatoms. The van der Waals surface area contributed by atoms with Crippen LogP contribution in [0.3, 0.4) is 0 Å². The molecule has 0 unspecified atom stereocenters. The summed E-state index contributed by atoms with van der Waals surface area (Å²) in [6.07, 6.45) is -2.94. The summed E-state index contributed by atoms with van der Waals surface area (Å²) < 4.78 is 37.2. The van der Waals surface area contributed by atoms with Crippen molar-refractivity contribution >= 4 is 28.4 Å². The van der Waals surface area contributed by atoms with Gasteiger partial charge in [0.25, 0.3) is 11.7 Å². The Morgan fingerprint density at radius 1 is 1.50 bits per heavy atom. The second-order valence-electron chi connectivity index (χ2n) is 2.27. The zero-order valence-electron chi connectivity index (χ0n) is 6.40. The van der Waals surface area contributed by atoms with Crippen LogP contribution in [0.25, 0.3) is 0 Å². The first-order valence-electron chi connectivity index (χ1n) is 3.27. The number of aromatic nitrogens is 1. The van der Waals surface area contributed by atoms with Gasteiger partial charge >= 0.3 is 0 Å². The molecule has 0 atom stereocenters. The predicted octanol–water partition coefficient (Wildman–Crippen LogP) is 3.19. The van der Waals surface area contributed by atoms with E-state index in [4.69, 9.17) is 23.2 Å². The van der Waals surface area contributed by atoms with Crippen molar-refractivity contribution in [3.05, 3.63) is 28.3 Å². The molecule has 76 valence electrons. The maximum absolute atomic E-state index is 13.0. The first-order valence-corrected chi connectivity index (χ1v) is 4.03. The molecule has 0 spiro atoms. The van der Waals surface area contributed by atoms with Crippen molar-refractivity contribution in [3.63, 3.8) is 0 Å². The Bertz CT molecular complexity index is 383. The SMILES string of the molecule is O=C(Cl)c1cc(C(F)F)nc(Cl)c1F. The van der Waals surface area contributed by atoms with Crippen LogP contribution in [0.4, 0.5) is 13.2 Å². The Balaban J connectivity index is 3.35. The number of halogens is 5. The molecule has 0 saturated carbocycles. The largest absolute Gasteiger partial charge is 0.280 e. The lowest BCUT2D eigenvalue weighted by atomic mass is 10.2. The Kier molecular flexibility index (Phi) is 3.34. The quantitative estimate of drug-likeness (QED) is 0.590. The smallest absolute Gasteiger partial charge is 0.275 e. The van der Waals surface area contributed by atoms with E-state index in [1.165, 1.54) is 0 Å². The highest BCUT2D eigenvalue weighted by molar-refractivity contribution is 6.67. The van der Waals surface area contributed by atoms with Crippen LogP contribution in [-0.4, -0.2) is 10.2 Å². The van der Waals surface area contributed by atoms with Crippen LogP contribution in [0.2, 0.25) is 5.15 Å². The van der Waals surface area contributed by atoms with E-state index in [-0.39, 0.29) is 0 Å². The summed E-state index contributed by atoms with van der Waals surface area (Å²) in [5.74, 6) is -1.20. The minimum atomic E-state index is -2.94. The molecular formula is C7H2Cl2F3NO. The number of hydrogen-bond acceptors (Lipinski definition) is 2. The second-order valence-corrected chi connectivity index (χ2v) is 2.98. The number of hydrogen-bond donors (Lipinski definition) is 0. The molecule has 0 aliphatic carbocycles. The Labute approximate surface area is 86.6 Å². The lowest BCUT2D eigenvalue weighted by molar-refractivity contribution is 0.107.